The molecule has 1 aliphatic carbocycles. The van der Waals surface area contributed by atoms with Crippen LogP contribution in [0.15, 0.2) is 0 Å². The zero-order chi connectivity index (χ0) is 15.3. The Balaban J connectivity index is 1.81. The van der Waals surface area contributed by atoms with E-state index in [1.165, 1.54) is 52.2 Å². The van der Waals surface area contributed by atoms with Crippen molar-refractivity contribution in [3.63, 3.8) is 0 Å². The van der Waals surface area contributed by atoms with Crippen LogP contribution in [-0.2, 0) is 9.53 Å². The molecule has 1 N–H and O–H groups in total. The number of hydrogen-bond acceptors (Lipinski definition) is 4. The van der Waals surface area contributed by atoms with Gasteiger partial charge < -0.3 is 9.64 Å². The van der Waals surface area contributed by atoms with Crippen molar-refractivity contribution in [1.82, 2.24) is 10.2 Å². The van der Waals surface area contributed by atoms with Crippen molar-refractivity contribution in [3.05, 3.63) is 0 Å². The Morgan fingerprint density at radius 2 is 2.10 bits per heavy atom. The summed E-state index contributed by atoms with van der Waals surface area (Å²) in [6, 6.07) is 1.27. The van der Waals surface area contributed by atoms with E-state index in [0.717, 1.165) is 25.4 Å². The smallest absolute Gasteiger partial charge is 0.325 e. The first-order valence-electron chi connectivity index (χ1n) is 8.69. The molecule has 4 nitrogen and oxygen atoms in total. The lowest BCUT2D eigenvalue weighted by molar-refractivity contribution is -0.148. The van der Waals surface area contributed by atoms with E-state index >= 15 is 0 Å². The van der Waals surface area contributed by atoms with Crippen molar-refractivity contribution < 1.29 is 9.53 Å². The first kappa shape index (κ1) is 16.8. The second kappa shape index (κ2) is 7.59. The average molecular weight is 296 g/mol. The number of rotatable bonds is 8. The summed E-state index contributed by atoms with van der Waals surface area (Å²) in [6.45, 7) is 6.63. The Morgan fingerprint density at radius 3 is 2.71 bits per heavy atom. The minimum atomic E-state index is -0.507. The molecule has 1 aliphatic heterocycles. The van der Waals surface area contributed by atoms with Crippen LogP contribution in [0.2, 0.25) is 0 Å². The molecule has 2 rings (SSSR count). The Bertz CT molecular complexity index is 344. The molecule has 0 aromatic heterocycles. The molecule has 0 amide bonds. The number of carbonyl (C=O) groups excluding carboxylic acids is 1. The third-order valence-electron chi connectivity index (χ3n) is 5.08. The molecule has 1 saturated heterocycles. The Morgan fingerprint density at radius 1 is 1.33 bits per heavy atom. The quantitative estimate of drug-likeness (QED) is 0.699. The van der Waals surface area contributed by atoms with E-state index < -0.39 is 5.54 Å². The van der Waals surface area contributed by atoms with Crippen LogP contribution in [0.4, 0.5) is 0 Å². The van der Waals surface area contributed by atoms with E-state index in [0.29, 0.717) is 6.04 Å². The van der Waals surface area contributed by atoms with Crippen LogP contribution in [0.1, 0.15) is 65.2 Å². The summed E-state index contributed by atoms with van der Waals surface area (Å²) in [5.74, 6) is -0.111. The molecule has 0 radical (unpaired) electrons. The van der Waals surface area contributed by atoms with Gasteiger partial charge in [-0.25, -0.2) is 0 Å². The van der Waals surface area contributed by atoms with Crippen LogP contribution in [0.5, 0.6) is 0 Å². The van der Waals surface area contributed by atoms with Crippen LogP contribution < -0.4 is 5.32 Å². The van der Waals surface area contributed by atoms with Gasteiger partial charge in [-0.2, -0.15) is 0 Å². The lowest BCUT2D eigenvalue weighted by atomic mass is 9.94. The van der Waals surface area contributed by atoms with Crippen LogP contribution in [-0.4, -0.2) is 48.7 Å². The van der Waals surface area contributed by atoms with Gasteiger partial charge in [0.25, 0.3) is 0 Å². The maximum atomic E-state index is 12.1. The first-order chi connectivity index (χ1) is 10.1. The third-order valence-corrected chi connectivity index (χ3v) is 5.08. The maximum absolute atomic E-state index is 12.1. The summed E-state index contributed by atoms with van der Waals surface area (Å²) < 4.78 is 5.01. The fourth-order valence-corrected chi connectivity index (χ4v) is 3.59. The Hall–Kier alpha value is -0.610. The van der Waals surface area contributed by atoms with Gasteiger partial charge >= 0.3 is 5.97 Å². The lowest BCUT2D eigenvalue weighted by Gasteiger charge is -2.36. The van der Waals surface area contributed by atoms with Gasteiger partial charge in [0.05, 0.1) is 7.11 Å². The number of nitrogens with one attached hydrogen (secondary N) is 1. The molecule has 2 aliphatic rings. The molecule has 0 spiro atoms. The normalized spacial score (nSPS) is 26.3. The summed E-state index contributed by atoms with van der Waals surface area (Å²) in [5, 5.41) is 3.49. The zero-order valence-corrected chi connectivity index (χ0v) is 14.0. The number of carbonyl (C=O) groups is 1. The largest absolute Gasteiger partial charge is 0.468 e. The summed E-state index contributed by atoms with van der Waals surface area (Å²) in [5.41, 5.74) is -0.507. The first-order valence-corrected chi connectivity index (χ1v) is 8.69. The molecular weight excluding hydrogens is 264 g/mol. The molecule has 2 fully saturated rings. The number of ether oxygens (including phenoxy) is 1. The number of esters is 1. The molecule has 1 heterocycles. The lowest BCUT2D eigenvalue weighted by Crippen LogP contribution is -2.51. The van der Waals surface area contributed by atoms with Gasteiger partial charge in [0.15, 0.2) is 0 Å². The Kier molecular flexibility index (Phi) is 6.06. The number of methoxy groups -OCH3 is 1. The molecule has 2 unspecified atom stereocenters. The fourth-order valence-electron chi connectivity index (χ4n) is 3.59. The second-order valence-corrected chi connectivity index (χ2v) is 6.94. The standard InChI is InChI=1S/C17H32N2O2/c1-4-15-8-5-6-12-19(15)13-7-11-17(2,16(20)21-3)18-14-9-10-14/h14-15,18H,4-13H2,1-3H3. The van der Waals surface area contributed by atoms with Gasteiger partial charge in [-0.3, -0.25) is 10.1 Å². The second-order valence-electron chi connectivity index (χ2n) is 6.94. The molecule has 1 saturated carbocycles. The molecule has 0 aromatic carbocycles. The van der Waals surface area contributed by atoms with Crippen LogP contribution >= 0.6 is 0 Å². The molecule has 2 atom stereocenters. The topological polar surface area (TPSA) is 41.6 Å². The number of likely N-dealkylation sites (tertiary alicyclic amines) is 1. The van der Waals surface area contributed by atoms with Gasteiger partial charge in [-0.1, -0.05) is 13.3 Å². The summed E-state index contributed by atoms with van der Waals surface area (Å²) in [7, 11) is 1.49. The predicted molar refractivity (Wildman–Crippen MR) is 85.3 cm³/mol. The van der Waals surface area contributed by atoms with Crippen molar-refractivity contribution >= 4 is 5.97 Å². The summed E-state index contributed by atoms with van der Waals surface area (Å²) >= 11 is 0. The highest BCUT2D eigenvalue weighted by Gasteiger charge is 2.39. The summed E-state index contributed by atoms with van der Waals surface area (Å²) in [4.78, 5) is 14.7. The molecule has 4 heteroatoms. The highest BCUT2D eigenvalue weighted by molar-refractivity contribution is 5.80. The molecular formula is C17H32N2O2. The van der Waals surface area contributed by atoms with E-state index in [2.05, 4.69) is 17.1 Å². The van der Waals surface area contributed by atoms with Crippen molar-refractivity contribution in [1.29, 1.82) is 0 Å². The highest BCUT2D eigenvalue weighted by atomic mass is 16.5. The number of nitrogens with zero attached hydrogens (tertiary/aromatic N) is 1. The minimum absolute atomic E-state index is 0.111. The predicted octanol–water partition coefficient (Wildman–Crippen LogP) is 2.71. The van der Waals surface area contributed by atoms with Crippen molar-refractivity contribution in [2.75, 3.05) is 20.2 Å². The van der Waals surface area contributed by atoms with Crippen LogP contribution in [0.25, 0.3) is 0 Å². The van der Waals surface area contributed by atoms with Crippen molar-refractivity contribution in [2.45, 2.75) is 82.8 Å². The van der Waals surface area contributed by atoms with E-state index in [1.807, 2.05) is 6.92 Å². The minimum Gasteiger partial charge on any atom is -0.468 e. The van der Waals surface area contributed by atoms with Gasteiger partial charge in [0.2, 0.25) is 0 Å². The van der Waals surface area contributed by atoms with Gasteiger partial charge in [0.1, 0.15) is 5.54 Å². The number of hydrogen-bond donors (Lipinski definition) is 1. The van der Waals surface area contributed by atoms with Gasteiger partial charge in [0, 0.05) is 12.1 Å². The van der Waals surface area contributed by atoms with Gasteiger partial charge in [-0.05, 0) is 65.0 Å². The fraction of sp³-hybridized carbons (Fsp3) is 0.941. The zero-order valence-electron chi connectivity index (χ0n) is 14.0. The van der Waals surface area contributed by atoms with Crippen molar-refractivity contribution in [2.24, 2.45) is 0 Å². The molecule has 122 valence electrons. The van der Waals surface area contributed by atoms with Crippen LogP contribution in [0, 0.1) is 0 Å². The summed E-state index contributed by atoms with van der Waals surface area (Å²) in [6.07, 6.45) is 9.58. The highest BCUT2D eigenvalue weighted by Crippen LogP contribution is 2.26. The van der Waals surface area contributed by atoms with E-state index in [1.54, 1.807) is 0 Å². The van der Waals surface area contributed by atoms with Gasteiger partial charge in [-0.15, -0.1) is 0 Å². The molecule has 21 heavy (non-hydrogen) atoms. The van der Waals surface area contributed by atoms with Crippen molar-refractivity contribution in [3.8, 4) is 0 Å². The van der Waals surface area contributed by atoms with E-state index in [9.17, 15) is 4.79 Å². The monoisotopic (exact) mass is 296 g/mol. The molecule has 0 bridgehead atoms. The third kappa shape index (κ3) is 4.68. The number of piperidine rings is 1. The Labute approximate surface area is 129 Å². The van der Waals surface area contributed by atoms with E-state index in [-0.39, 0.29) is 5.97 Å². The molecule has 0 aromatic rings. The SMILES string of the molecule is CCC1CCCCN1CCCC(C)(NC1CC1)C(=O)OC. The maximum Gasteiger partial charge on any atom is 0.325 e. The van der Waals surface area contributed by atoms with Crippen LogP contribution in [0.3, 0.4) is 0 Å². The van der Waals surface area contributed by atoms with E-state index in [4.69, 9.17) is 4.74 Å². The average Bonchev–Trinajstić information content (AvgIpc) is 3.30.